The van der Waals surface area contributed by atoms with Gasteiger partial charge in [-0.2, -0.15) is 0 Å². The Morgan fingerprint density at radius 3 is 2.87 bits per heavy atom. The molecule has 9 nitrogen and oxygen atoms in total. The number of morpholine rings is 1. The van der Waals surface area contributed by atoms with Crippen LogP contribution in [0.3, 0.4) is 0 Å². The maximum atomic E-state index is 12.4. The third-order valence-corrected chi connectivity index (χ3v) is 5.77. The standard InChI is InChI=1S/C21H23ClN6O3/c1-3-20(29)27-9-14-11-31-5-4-28(14)18(10-27)13-6-16(26-19(22)7-13)15-8-17(21(30)23-2)25-12-24-15/h3,6-8,12,14,18H,1,4-5,9-11H2,2H3,(H,23,30)/t14-,18+/m1/s1. The minimum Gasteiger partial charge on any atom is -0.378 e. The van der Waals surface area contributed by atoms with E-state index in [4.69, 9.17) is 16.3 Å². The highest BCUT2D eigenvalue weighted by Gasteiger charge is 2.38. The number of carbonyl (C=O) groups excluding carboxylic acids is 2. The maximum Gasteiger partial charge on any atom is 0.269 e. The van der Waals surface area contributed by atoms with Gasteiger partial charge in [0.15, 0.2) is 0 Å². The van der Waals surface area contributed by atoms with Crippen LogP contribution in [0.15, 0.2) is 37.2 Å². The van der Waals surface area contributed by atoms with Crippen molar-refractivity contribution in [1.29, 1.82) is 0 Å². The Morgan fingerprint density at radius 2 is 2.10 bits per heavy atom. The molecule has 2 amide bonds. The molecule has 0 bridgehead atoms. The van der Waals surface area contributed by atoms with Gasteiger partial charge in [-0.25, -0.2) is 15.0 Å². The van der Waals surface area contributed by atoms with Crippen LogP contribution in [0.2, 0.25) is 5.15 Å². The molecule has 2 atom stereocenters. The van der Waals surface area contributed by atoms with Gasteiger partial charge in [0.25, 0.3) is 5.91 Å². The number of halogens is 1. The molecule has 4 rings (SSSR count). The van der Waals surface area contributed by atoms with Gasteiger partial charge in [0, 0.05) is 26.7 Å². The summed E-state index contributed by atoms with van der Waals surface area (Å²) >= 11 is 6.38. The number of hydrogen-bond acceptors (Lipinski definition) is 7. The van der Waals surface area contributed by atoms with Gasteiger partial charge < -0.3 is 15.0 Å². The zero-order chi connectivity index (χ0) is 22.0. The minimum absolute atomic E-state index is 0.0777. The number of nitrogens with zero attached hydrogens (tertiary/aromatic N) is 5. The Morgan fingerprint density at radius 1 is 1.26 bits per heavy atom. The van der Waals surface area contributed by atoms with Crippen LogP contribution in [0, 0.1) is 0 Å². The third kappa shape index (κ3) is 4.43. The second-order valence-corrected chi connectivity index (χ2v) is 7.79. The molecule has 0 aromatic carbocycles. The molecule has 0 aliphatic carbocycles. The van der Waals surface area contributed by atoms with Gasteiger partial charge in [0.2, 0.25) is 5.91 Å². The molecule has 2 aliphatic heterocycles. The van der Waals surface area contributed by atoms with Crippen molar-refractivity contribution in [2.45, 2.75) is 12.1 Å². The molecule has 0 radical (unpaired) electrons. The average Bonchev–Trinajstić information content (AvgIpc) is 2.81. The first kappa shape index (κ1) is 21.4. The Labute approximate surface area is 185 Å². The number of ether oxygens (including phenoxy) is 1. The Balaban J connectivity index is 1.72. The second-order valence-electron chi connectivity index (χ2n) is 7.41. The van der Waals surface area contributed by atoms with E-state index in [1.54, 1.807) is 11.0 Å². The summed E-state index contributed by atoms with van der Waals surface area (Å²) in [5.41, 5.74) is 2.19. The molecular formula is C21H23ClN6O3. The lowest BCUT2D eigenvalue weighted by molar-refractivity contribution is -0.135. The zero-order valence-corrected chi connectivity index (χ0v) is 17.9. The van der Waals surface area contributed by atoms with Gasteiger partial charge in [-0.05, 0) is 29.8 Å². The highest BCUT2D eigenvalue weighted by molar-refractivity contribution is 6.29. The quantitative estimate of drug-likeness (QED) is 0.563. The number of nitrogens with one attached hydrogen (secondary N) is 1. The smallest absolute Gasteiger partial charge is 0.269 e. The van der Waals surface area contributed by atoms with E-state index in [1.807, 2.05) is 12.1 Å². The summed E-state index contributed by atoms with van der Waals surface area (Å²) in [4.78, 5) is 41.1. The first-order chi connectivity index (χ1) is 15.0. The van der Waals surface area contributed by atoms with E-state index in [-0.39, 0.29) is 29.6 Å². The van der Waals surface area contributed by atoms with Crippen molar-refractivity contribution in [3.05, 3.63) is 53.6 Å². The number of pyridine rings is 1. The van der Waals surface area contributed by atoms with Crippen LogP contribution in [0.4, 0.5) is 0 Å². The number of amides is 2. The summed E-state index contributed by atoms with van der Waals surface area (Å²) in [6.07, 6.45) is 2.66. The van der Waals surface area contributed by atoms with Crippen molar-refractivity contribution in [3.63, 3.8) is 0 Å². The van der Waals surface area contributed by atoms with Crippen LogP contribution in [0.5, 0.6) is 0 Å². The molecule has 162 valence electrons. The van der Waals surface area contributed by atoms with Crippen LogP contribution in [0.1, 0.15) is 22.1 Å². The lowest BCUT2D eigenvalue weighted by Crippen LogP contribution is -2.60. The van der Waals surface area contributed by atoms with E-state index < -0.39 is 0 Å². The van der Waals surface area contributed by atoms with E-state index in [0.29, 0.717) is 42.8 Å². The van der Waals surface area contributed by atoms with Crippen molar-refractivity contribution < 1.29 is 14.3 Å². The molecule has 0 unspecified atom stereocenters. The van der Waals surface area contributed by atoms with E-state index in [2.05, 4.69) is 31.7 Å². The van der Waals surface area contributed by atoms with Crippen molar-refractivity contribution in [3.8, 4) is 11.4 Å². The fourth-order valence-corrected chi connectivity index (χ4v) is 4.29. The molecule has 0 spiro atoms. The summed E-state index contributed by atoms with van der Waals surface area (Å²) in [5, 5.41) is 2.86. The van der Waals surface area contributed by atoms with E-state index in [0.717, 1.165) is 12.1 Å². The Bertz CT molecular complexity index is 1020. The van der Waals surface area contributed by atoms with Gasteiger partial charge in [0.05, 0.1) is 36.7 Å². The van der Waals surface area contributed by atoms with Crippen LogP contribution in [-0.4, -0.2) is 82.5 Å². The summed E-state index contributed by atoms with van der Waals surface area (Å²) in [7, 11) is 1.54. The Kier molecular flexibility index (Phi) is 6.26. The van der Waals surface area contributed by atoms with Gasteiger partial charge in [-0.3, -0.25) is 14.5 Å². The monoisotopic (exact) mass is 442 g/mol. The first-order valence-electron chi connectivity index (χ1n) is 9.97. The highest BCUT2D eigenvalue weighted by atomic mass is 35.5. The first-order valence-corrected chi connectivity index (χ1v) is 10.3. The molecule has 1 N–H and O–H groups in total. The number of piperazine rings is 1. The molecule has 10 heteroatoms. The number of aromatic nitrogens is 3. The van der Waals surface area contributed by atoms with Crippen molar-refractivity contribution in [2.24, 2.45) is 0 Å². The molecule has 2 fully saturated rings. The molecule has 0 saturated carbocycles. The predicted octanol–water partition coefficient (Wildman–Crippen LogP) is 1.32. The van der Waals surface area contributed by atoms with Crippen LogP contribution in [0.25, 0.3) is 11.4 Å². The number of fused-ring (bicyclic) bond motifs is 1. The molecule has 2 aliphatic rings. The van der Waals surface area contributed by atoms with Crippen LogP contribution in [-0.2, 0) is 9.53 Å². The summed E-state index contributed by atoms with van der Waals surface area (Å²) in [5.74, 6) is -0.422. The normalized spacial score (nSPS) is 21.3. The molecule has 4 heterocycles. The van der Waals surface area contributed by atoms with Crippen molar-refractivity contribution in [2.75, 3.05) is 39.9 Å². The van der Waals surface area contributed by atoms with Crippen molar-refractivity contribution in [1.82, 2.24) is 30.1 Å². The molecule has 2 aromatic rings. The zero-order valence-electron chi connectivity index (χ0n) is 17.1. The average molecular weight is 443 g/mol. The minimum atomic E-state index is -0.312. The number of hydrogen-bond donors (Lipinski definition) is 1. The largest absolute Gasteiger partial charge is 0.378 e. The SMILES string of the molecule is C=CC(=O)N1C[C@@H]2COCCN2[C@H](c2cc(Cl)nc(-c3cc(C(=O)NC)ncn3)c2)C1. The number of carbonyl (C=O) groups is 2. The van der Waals surface area contributed by atoms with Crippen molar-refractivity contribution >= 4 is 23.4 Å². The Hall–Kier alpha value is -2.88. The summed E-state index contributed by atoms with van der Waals surface area (Å²) < 4.78 is 5.65. The summed E-state index contributed by atoms with van der Waals surface area (Å²) in [6.45, 7) is 6.67. The molecule has 31 heavy (non-hydrogen) atoms. The second kappa shape index (κ2) is 9.09. The highest BCUT2D eigenvalue weighted by Crippen LogP contribution is 2.33. The molecular weight excluding hydrogens is 420 g/mol. The lowest BCUT2D eigenvalue weighted by Gasteiger charge is -2.48. The van der Waals surface area contributed by atoms with Gasteiger partial charge in [-0.15, -0.1) is 0 Å². The van der Waals surface area contributed by atoms with Gasteiger partial charge >= 0.3 is 0 Å². The van der Waals surface area contributed by atoms with Gasteiger partial charge in [-0.1, -0.05) is 18.2 Å². The van der Waals surface area contributed by atoms with E-state index in [9.17, 15) is 9.59 Å². The fraction of sp³-hybridized carbons (Fsp3) is 0.381. The van der Waals surface area contributed by atoms with Crippen LogP contribution < -0.4 is 5.32 Å². The molecule has 2 aromatic heterocycles. The lowest BCUT2D eigenvalue weighted by atomic mass is 9.97. The van der Waals surface area contributed by atoms with E-state index >= 15 is 0 Å². The molecule has 2 saturated heterocycles. The predicted molar refractivity (Wildman–Crippen MR) is 114 cm³/mol. The number of rotatable bonds is 4. The van der Waals surface area contributed by atoms with E-state index in [1.165, 1.54) is 19.5 Å². The van der Waals surface area contributed by atoms with Crippen LogP contribution >= 0.6 is 11.6 Å². The topological polar surface area (TPSA) is 101 Å². The maximum absolute atomic E-state index is 12.4. The fourth-order valence-electron chi connectivity index (χ4n) is 4.07. The van der Waals surface area contributed by atoms with Gasteiger partial charge in [0.1, 0.15) is 17.2 Å². The third-order valence-electron chi connectivity index (χ3n) is 5.57. The summed E-state index contributed by atoms with van der Waals surface area (Å²) in [6, 6.07) is 5.30.